The number of carbonyl (C=O) groups is 1. The van der Waals surface area contributed by atoms with Gasteiger partial charge in [-0.05, 0) is 105 Å². The number of carbonyl (C=O) groups excluding carboxylic acids is 1. The predicted octanol–water partition coefficient (Wildman–Crippen LogP) is 4.98. The van der Waals surface area contributed by atoms with Gasteiger partial charge in [-0.15, -0.1) is 0 Å². The molecule has 4 unspecified atom stereocenters. The van der Waals surface area contributed by atoms with Gasteiger partial charge in [-0.2, -0.15) is 0 Å². The second-order valence-corrected chi connectivity index (χ2v) is 14.1. The summed E-state index contributed by atoms with van der Waals surface area (Å²) < 4.78 is 5.99. The number of pyridine rings is 1. The number of hydrogen-bond acceptors (Lipinski definition) is 7. The molecule has 9 heteroatoms. The maximum Gasteiger partial charge on any atom is 0.248 e. The first kappa shape index (κ1) is 33.3. The lowest BCUT2D eigenvalue weighted by molar-refractivity contribution is -0.147. The normalized spacial score (nSPS) is 23.7. The summed E-state index contributed by atoms with van der Waals surface area (Å²) in [5, 5.41) is 24.7. The molecule has 2 bridgehead atoms. The molecular weight excluding hydrogens is 616 g/mol. The number of aromatic hydroxyl groups is 1. The van der Waals surface area contributed by atoms with E-state index in [-0.39, 0.29) is 17.2 Å². The van der Waals surface area contributed by atoms with Crippen LogP contribution in [0.4, 0.5) is 0 Å². The molecule has 0 radical (unpaired) electrons. The molecule has 4 aliphatic heterocycles. The smallest absolute Gasteiger partial charge is 0.248 e. The number of benzene rings is 3. The van der Waals surface area contributed by atoms with Gasteiger partial charge in [0, 0.05) is 43.0 Å². The zero-order valence-electron chi connectivity index (χ0n) is 28.1. The van der Waals surface area contributed by atoms with Crippen LogP contribution in [0.5, 0.6) is 11.5 Å². The highest BCUT2D eigenvalue weighted by atomic mass is 16.5. The number of hydrogen-bond donors (Lipinski definition) is 4. The number of amides is 1. The number of nitrogens with one attached hydrogen (secondary N) is 2. The average Bonchev–Trinajstić information content (AvgIpc) is 3.11. The monoisotopic (exact) mass is 664 g/mol. The van der Waals surface area contributed by atoms with Gasteiger partial charge in [0.05, 0.1) is 24.6 Å². The van der Waals surface area contributed by atoms with Crippen molar-refractivity contribution in [1.29, 1.82) is 0 Å². The van der Waals surface area contributed by atoms with Crippen LogP contribution in [-0.2, 0) is 11.2 Å². The third-order valence-electron chi connectivity index (χ3n) is 11.0. The number of rotatable bonds is 14. The van der Waals surface area contributed by atoms with Gasteiger partial charge < -0.3 is 35.1 Å². The van der Waals surface area contributed by atoms with Crippen LogP contribution in [0.3, 0.4) is 0 Å². The Bertz CT molecular complexity index is 1770. The summed E-state index contributed by atoms with van der Waals surface area (Å²) in [6.07, 6.45) is 5.03. The highest BCUT2D eigenvalue weighted by Gasteiger charge is 2.51. The highest BCUT2D eigenvalue weighted by molar-refractivity contribution is 5.87. The van der Waals surface area contributed by atoms with Crippen LogP contribution in [-0.4, -0.2) is 82.8 Å². The van der Waals surface area contributed by atoms with Crippen molar-refractivity contribution < 1.29 is 19.7 Å². The van der Waals surface area contributed by atoms with Crippen molar-refractivity contribution in [1.82, 2.24) is 20.1 Å². The first-order valence-electron chi connectivity index (χ1n) is 18.0. The summed E-state index contributed by atoms with van der Waals surface area (Å²) in [6.45, 7) is 6.11. The topological polar surface area (TPSA) is 118 Å². The van der Waals surface area contributed by atoms with E-state index >= 15 is 0 Å². The number of phenols is 1. The van der Waals surface area contributed by atoms with Crippen molar-refractivity contribution in [3.8, 4) is 11.5 Å². The van der Waals surface area contributed by atoms with E-state index in [1.807, 2.05) is 24.3 Å². The van der Waals surface area contributed by atoms with E-state index < -0.39 is 6.10 Å². The molecule has 3 aromatic carbocycles. The summed E-state index contributed by atoms with van der Waals surface area (Å²) in [5.74, 6) is 2.74. The summed E-state index contributed by atoms with van der Waals surface area (Å²) >= 11 is 0. The van der Waals surface area contributed by atoms with Crippen LogP contribution in [0.15, 0.2) is 83.7 Å². The van der Waals surface area contributed by atoms with Gasteiger partial charge in [-0.1, -0.05) is 48.5 Å². The number of fused-ring (bicyclic) bond motifs is 4. The number of aromatic amines is 1. The number of likely N-dealkylation sites (tertiary alicyclic amines) is 1. The predicted molar refractivity (Wildman–Crippen MR) is 191 cm³/mol. The minimum atomic E-state index is -0.765. The zero-order valence-corrected chi connectivity index (χ0v) is 28.1. The van der Waals surface area contributed by atoms with Crippen LogP contribution < -0.4 is 15.6 Å². The van der Waals surface area contributed by atoms with E-state index in [4.69, 9.17) is 4.74 Å². The van der Waals surface area contributed by atoms with Gasteiger partial charge in [0.2, 0.25) is 11.5 Å². The minimum Gasteiger partial charge on any atom is -0.506 e. The van der Waals surface area contributed by atoms with Crippen LogP contribution in [0.25, 0.3) is 10.9 Å². The third kappa shape index (κ3) is 7.54. The van der Waals surface area contributed by atoms with Gasteiger partial charge >= 0.3 is 0 Å². The Morgan fingerprint density at radius 1 is 0.939 bits per heavy atom. The molecule has 4 aliphatic rings. The number of aromatic nitrogens is 1. The van der Waals surface area contributed by atoms with Gasteiger partial charge in [0.25, 0.3) is 0 Å². The second-order valence-electron chi connectivity index (χ2n) is 14.1. The number of aliphatic hydroxyl groups excluding tert-OH is 1. The Labute approximate surface area is 287 Å². The number of nitrogens with zero attached hydrogens (tertiary/aromatic N) is 2. The minimum absolute atomic E-state index is 0.0165. The lowest BCUT2D eigenvalue weighted by Crippen LogP contribution is -2.65. The molecule has 49 heavy (non-hydrogen) atoms. The molecular formula is C40H48N4O5. The number of piperidine rings is 3. The highest BCUT2D eigenvalue weighted by Crippen LogP contribution is 2.46. The summed E-state index contributed by atoms with van der Waals surface area (Å²) in [7, 11) is 0. The van der Waals surface area contributed by atoms with E-state index in [1.54, 1.807) is 12.1 Å². The largest absolute Gasteiger partial charge is 0.506 e. The van der Waals surface area contributed by atoms with E-state index in [0.29, 0.717) is 53.9 Å². The molecule has 258 valence electrons. The third-order valence-corrected chi connectivity index (χ3v) is 11.0. The maximum atomic E-state index is 13.7. The number of unbranched alkanes of at least 4 members (excludes halogenated alkanes) is 2. The number of ether oxygens (including phenoxy) is 1. The summed E-state index contributed by atoms with van der Waals surface area (Å²) in [6, 6.07) is 25.3. The standard InChI is InChI=1S/C40H48N4O5/c45-35-15-13-31(32-14-16-37(47)42-39(32)35)36(46)24-41-19-5-2-6-22-49-30-11-9-27(10-12-30)23-38(48)44-26-34(28-7-3-1-4-8-28)40(44)33-25-43-20-17-29(33)18-21-43/h1,3-4,7-16,29,33-34,36,40-41,45-46H,2,5-6,17-26H2,(H,42,47). The van der Waals surface area contributed by atoms with Crippen molar-refractivity contribution in [2.45, 2.75) is 56.6 Å². The lowest BCUT2D eigenvalue weighted by atomic mass is 9.66. The zero-order chi connectivity index (χ0) is 33.7. The van der Waals surface area contributed by atoms with Crippen molar-refractivity contribution >= 4 is 16.8 Å². The van der Waals surface area contributed by atoms with Gasteiger partial charge in [0.1, 0.15) is 11.5 Å². The van der Waals surface area contributed by atoms with Crippen LogP contribution in [0, 0.1) is 11.8 Å². The fourth-order valence-electron chi connectivity index (χ4n) is 8.32. The first-order chi connectivity index (χ1) is 23.9. The molecule has 0 spiro atoms. The second kappa shape index (κ2) is 15.2. The van der Waals surface area contributed by atoms with E-state index in [0.717, 1.165) is 56.1 Å². The number of H-pyrrole nitrogens is 1. The molecule has 9 nitrogen and oxygen atoms in total. The molecule has 4 atom stereocenters. The Morgan fingerprint density at radius 2 is 1.73 bits per heavy atom. The van der Waals surface area contributed by atoms with E-state index in [2.05, 4.69) is 50.4 Å². The van der Waals surface area contributed by atoms with Crippen LogP contribution in [0.1, 0.15) is 60.8 Å². The molecule has 0 aliphatic carbocycles. The quantitative estimate of drug-likeness (QED) is 0.141. The molecule has 4 aromatic rings. The molecule has 1 aromatic heterocycles. The lowest BCUT2D eigenvalue weighted by Gasteiger charge is -2.58. The van der Waals surface area contributed by atoms with Crippen molar-refractivity contribution in [3.63, 3.8) is 0 Å². The Morgan fingerprint density at radius 3 is 2.49 bits per heavy atom. The molecule has 4 saturated heterocycles. The molecule has 5 heterocycles. The molecule has 8 rings (SSSR count). The maximum absolute atomic E-state index is 13.7. The van der Waals surface area contributed by atoms with Crippen molar-refractivity contribution in [2.24, 2.45) is 11.8 Å². The van der Waals surface area contributed by atoms with Crippen molar-refractivity contribution in [2.75, 3.05) is 45.9 Å². The SMILES string of the molecule is O=C(Cc1ccc(OCCCCCNCC(O)c2ccc(O)c3[nH]c(=O)ccc23)cc1)N1CC(c2ccccc2)C1C1CN2CCC1CC2. The van der Waals surface area contributed by atoms with Gasteiger partial charge in [-0.25, -0.2) is 0 Å². The van der Waals surface area contributed by atoms with Crippen LogP contribution >= 0.6 is 0 Å². The van der Waals surface area contributed by atoms with Gasteiger partial charge in [-0.3, -0.25) is 9.59 Å². The van der Waals surface area contributed by atoms with Gasteiger partial charge in [0.15, 0.2) is 0 Å². The van der Waals surface area contributed by atoms with Crippen molar-refractivity contribution in [3.05, 3.63) is 106 Å². The molecule has 1 amide bonds. The first-order valence-corrected chi connectivity index (χ1v) is 18.0. The number of aliphatic hydroxyl groups is 1. The fraction of sp³-hybridized carbons (Fsp3) is 0.450. The number of phenolic OH excluding ortho intramolecular Hbond substituents is 1. The Balaban J connectivity index is 0.826. The molecule has 4 N–H and O–H groups in total. The fourth-order valence-corrected chi connectivity index (χ4v) is 8.32. The Hall–Kier alpha value is -4.18. The van der Waals surface area contributed by atoms with E-state index in [9.17, 15) is 19.8 Å². The molecule has 0 saturated carbocycles. The van der Waals surface area contributed by atoms with E-state index in [1.165, 1.54) is 43.6 Å². The Kier molecular flexibility index (Phi) is 10.3. The van der Waals surface area contributed by atoms with Crippen LogP contribution in [0.2, 0.25) is 0 Å². The summed E-state index contributed by atoms with van der Waals surface area (Å²) in [5.41, 5.74) is 3.09. The molecule has 4 fully saturated rings. The average molecular weight is 665 g/mol. The summed E-state index contributed by atoms with van der Waals surface area (Å²) in [4.78, 5) is 32.7.